The molecule has 0 aromatic heterocycles. The monoisotopic (exact) mass is 396 g/mol. The number of benzene rings is 2. The lowest BCUT2D eigenvalue weighted by atomic mass is 10.2. The Kier molecular flexibility index (Phi) is 7.12. The number of nitrogens with one attached hydrogen (secondary N) is 2. The van der Waals surface area contributed by atoms with Gasteiger partial charge in [-0.15, -0.1) is 0 Å². The standard InChI is InChI=1S/C18H18Cl2N2O4/c1-11-4-3-5-14(8-11)26-17(23)21-10-12(2)25-18(24)22-13-6-7-15(19)16(20)9-13/h3-9,12H,10H2,1-2H3,(H,21,23)(H,22,24). The lowest BCUT2D eigenvalue weighted by molar-refractivity contribution is 0.118. The molecule has 6 nitrogen and oxygen atoms in total. The highest BCUT2D eigenvalue weighted by molar-refractivity contribution is 6.42. The minimum absolute atomic E-state index is 0.0967. The normalized spacial score (nSPS) is 11.4. The molecule has 2 rings (SSSR count). The second-order valence-corrected chi connectivity index (χ2v) is 6.37. The van der Waals surface area contributed by atoms with Crippen molar-refractivity contribution < 1.29 is 19.1 Å². The molecule has 2 amide bonds. The molecular formula is C18H18Cl2N2O4. The number of aryl methyl sites for hydroxylation is 1. The Morgan fingerprint density at radius 2 is 1.85 bits per heavy atom. The van der Waals surface area contributed by atoms with Gasteiger partial charge in [0.15, 0.2) is 0 Å². The lowest BCUT2D eigenvalue weighted by Crippen LogP contribution is -2.35. The number of carbonyl (C=O) groups excluding carboxylic acids is 2. The predicted octanol–water partition coefficient (Wildman–Crippen LogP) is 5.03. The van der Waals surface area contributed by atoms with Crippen molar-refractivity contribution in [2.75, 3.05) is 11.9 Å². The summed E-state index contributed by atoms with van der Waals surface area (Å²) >= 11 is 11.7. The van der Waals surface area contributed by atoms with Gasteiger partial charge in [0.25, 0.3) is 0 Å². The molecule has 2 N–H and O–H groups in total. The van der Waals surface area contributed by atoms with Gasteiger partial charge in [-0.3, -0.25) is 5.32 Å². The van der Waals surface area contributed by atoms with Crippen molar-refractivity contribution in [2.45, 2.75) is 20.0 Å². The van der Waals surface area contributed by atoms with E-state index in [1.165, 1.54) is 6.07 Å². The number of carbonyl (C=O) groups is 2. The van der Waals surface area contributed by atoms with Crippen molar-refractivity contribution >= 4 is 41.1 Å². The first-order valence-electron chi connectivity index (χ1n) is 7.78. The third kappa shape index (κ3) is 6.46. The quantitative estimate of drug-likeness (QED) is 0.742. The van der Waals surface area contributed by atoms with Crippen LogP contribution in [0.5, 0.6) is 5.75 Å². The fourth-order valence-corrected chi connectivity index (χ4v) is 2.29. The van der Waals surface area contributed by atoms with E-state index in [0.717, 1.165) is 5.56 Å². The highest BCUT2D eigenvalue weighted by atomic mass is 35.5. The van der Waals surface area contributed by atoms with E-state index in [1.807, 2.05) is 13.0 Å². The zero-order chi connectivity index (χ0) is 19.1. The van der Waals surface area contributed by atoms with Crippen LogP contribution in [0.1, 0.15) is 12.5 Å². The molecule has 0 heterocycles. The van der Waals surface area contributed by atoms with Crippen LogP contribution in [0.2, 0.25) is 10.0 Å². The minimum Gasteiger partial charge on any atom is -0.444 e. The van der Waals surface area contributed by atoms with Gasteiger partial charge >= 0.3 is 12.2 Å². The first-order chi connectivity index (χ1) is 12.3. The van der Waals surface area contributed by atoms with Gasteiger partial charge in [-0.1, -0.05) is 35.3 Å². The van der Waals surface area contributed by atoms with Crippen LogP contribution in [0.3, 0.4) is 0 Å². The lowest BCUT2D eigenvalue weighted by Gasteiger charge is -2.15. The van der Waals surface area contributed by atoms with Crippen LogP contribution in [0.15, 0.2) is 42.5 Å². The number of halogens is 2. The van der Waals surface area contributed by atoms with Crippen molar-refractivity contribution in [1.29, 1.82) is 0 Å². The average Bonchev–Trinajstić information content (AvgIpc) is 2.56. The van der Waals surface area contributed by atoms with Crippen molar-refractivity contribution in [2.24, 2.45) is 0 Å². The zero-order valence-electron chi connectivity index (χ0n) is 14.2. The Morgan fingerprint density at radius 1 is 1.08 bits per heavy atom. The van der Waals surface area contributed by atoms with Crippen LogP contribution in [0.25, 0.3) is 0 Å². The SMILES string of the molecule is Cc1cccc(OC(=O)NCC(C)OC(=O)Nc2ccc(Cl)c(Cl)c2)c1. The fourth-order valence-electron chi connectivity index (χ4n) is 1.99. The molecule has 138 valence electrons. The summed E-state index contributed by atoms with van der Waals surface area (Å²) in [5.74, 6) is 0.438. The number of amides is 2. The van der Waals surface area contributed by atoms with Gasteiger partial charge in [0, 0.05) is 5.69 Å². The molecular weight excluding hydrogens is 379 g/mol. The molecule has 1 unspecified atom stereocenters. The zero-order valence-corrected chi connectivity index (χ0v) is 15.7. The maximum absolute atomic E-state index is 11.8. The first-order valence-corrected chi connectivity index (χ1v) is 8.54. The second-order valence-electron chi connectivity index (χ2n) is 5.56. The van der Waals surface area contributed by atoms with Crippen molar-refractivity contribution in [3.63, 3.8) is 0 Å². The van der Waals surface area contributed by atoms with Crippen LogP contribution in [-0.2, 0) is 4.74 Å². The van der Waals surface area contributed by atoms with Crippen molar-refractivity contribution in [1.82, 2.24) is 5.32 Å². The molecule has 26 heavy (non-hydrogen) atoms. The van der Waals surface area contributed by atoms with Crippen LogP contribution < -0.4 is 15.4 Å². The highest BCUT2D eigenvalue weighted by Gasteiger charge is 2.12. The Labute approximate surface area is 161 Å². The molecule has 0 aliphatic rings. The molecule has 0 spiro atoms. The molecule has 0 fully saturated rings. The van der Waals surface area contributed by atoms with Gasteiger partial charge in [0.05, 0.1) is 16.6 Å². The second kappa shape index (κ2) is 9.31. The Bertz CT molecular complexity index is 799. The summed E-state index contributed by atoms with van der Waals surface area (Å²) in [5, 5.41) is 5.76. The molecule has 0 saturated carbocycles. The van der Waals surface area contributed by atoms with Gasteiger partial charge in [-0.25, -0.2) is 9.59 Å². The molecule has 0 saturated heterocycles. The summed E-state index contributed by atoms with van der Waals surface area (Å²) in [7, 11) is 0. The van der Waals surface area contributed by atoms with E-state index in [0.29, 0.717) is 21.5 Å². The third-order valence-corrected chi connectivity index (χ3v) is 3.95. The Balaban J connectivity index is 1.75. The average molecular weight is 397 g/mol. The minimum atomic E-state index is -0.676. The first kappa shape index (κ1) is 19.9. The number of anilines is 1. The smallest absolute Gasteiger partial charge is 0.412 e. The molecule has 0 aliphatic carbocycles. The van der Waals surface area contributed by atoms with Crippen LogP contribution in [0, 0.1) is 6.92 Å². The van der Waals surface area contributed by atoms with Crippen LogP contribution in [-0.4, -0.2) is 24.8 Å². The van der Waals surface area contributed by atoms with E-state index >= 15 is 0 Å². The Hall–Kier alpha value is -2.44. The highest BCUT2D eigenvalue weighted by Crippen LogP contribution is 2.25. The predicted molar refractivity (Wildman–Crippen MR) is 101 cm³/mol. The Morgan fingerprint density at radius 3 is 2.54 bits per heavy atom. The summed E-state index contributed by atoms with van der Waals surface area (Å²) in [6.07, 6.45) is -1.87. The maximum atomic E-state index is 11.8. The largest absolute Gasteiger partial charge is 0.444 e. The maximum Gasteiger partial charge on any atom is 0.412 e. The molecule has 0 radical (unpaired) electrons. The van der Waals surface area contributed by atoms with E-state index in [1.54, 1.807) is 37.3 Å². The van der Waals surface area contributed by atoms with Gasteiger partial charge in [-0.05, 0) is 49.7 Å². The van der Waals surface area contributed by atoms with Gasteiger partial charge in [0.2, 0.25) is 0 Å². The summed E-state index contributed by atoms with van der Waals surface area (Å²) in [6.45, 7) is 3.63. The van der Waals surface area contributed by atoms with Crippen LogP contribution >= 0.6 is 23.2 Å². The van der Waals surface area contributed by atoms with E-state index in [2.05, 4.69) is 10.6 Å². The summed E-state index contributed by atoms with van der Waals surface area (Å²) in [6, 6.07) is 11.8. The summed E-state index contributed by atoms with van der Waals surface area (Å²) in [5.41, 5.74) is 1.43. The van der Waals surface area contributed by atoms with Crippen LogP contribution in [0.4, 0.5) is 15.3 Å². The van der Waals surface area contributed by atoms with Gasteiger partial charge in [0.1, 0.15) is 11.9 Å². The number of rotatable bonds is 5. The van der Waals surface area contributed by atoms with E-state index < -0.39 is 18.3 Å². The summed E-state index contributed by atoms with van der Waals surface area (Å²) in [4.78, 5) is 23.6. The number of ether oxygens (including phenoxy) is 2. The number of hydrogen-bond acceptors (Lipinski definition) is 4. The summed E-state index contributed by atoms with van der Waals surface area (Å²) < 4.78 is 10.3. The van der Waals surface area contributed by atoms with E-state index in [-0.39, 0.29) is 6.54 Å². The molecule has 1 atom stereocenters. The van der Waals surface area contributed by atoms with Gasteiger partial charge in [-0.2, -0.15) is 0 Å². The molecule has 0 bridgehead atoms. The number of hydrogen-bond donors (Lipinski definition) is 2. The molecule has 2 aromatic carbocycles. The van der Waals surface area contributed by atoms with E-state index in [9.17, 15) is 9.59 Å². The van der Waals surface area contributed by atoms with Gasteiger partial charge < -0.3 is 14.8 Å². The fraction of sp³-hybridized carbons (Fsp3) is 0.222. The molecule has 8 heteroatoms. The van der Waals surface area contributed by atoms with Crippen molar-refractivity contribution in [3.8, 4) is 5.75 Å². The van der Waals surface area contributed by atoms with Crippen molar-refractivity contribution in [3.05, 3.63) is 58.1 Å². The molecule has 2 aromatic rings. The molecule has 0 aliphatic heterocycles. The topological polar surface area (TPSA) is 76.7 Å². The van der Waals surface area contributed by atoms with E-state index in [4.69, 9.17) is 32.7 Å². The third-order valence-electron chi connectivity index (χ3n) is 3.21.